The van der Waals surface area contributed by atoms with Gasteiger partial charge in [0.25, 0.3) is 0 Å². The topological polar surface area (TPSA) is 91.7 Å². The summed E-state index contributed by atoms with van der Waals surface area (Å²) < 4.78 is 23.1. The molecule has 1 atom stereocenters. The zero-order valence-electron chi connectivity index (χ0n) is 9.54. The SMILES string of the molecule is CCC(O)c1ccc(C(=O)O)cc1S(C)(=O)=O. The maximum absolute atomic E-state index is 11.5. The summed E-state index contributed by atoms with van der Waals surface area (Å²) in [6.45, 7) is 1.71. The molecule has 0 aliphatic heterocycles. The van der Waals surface area contributed by atoms with Crippen LogP contribution in [-0.4, -0.2) is 30.9 Å². The molecule has 17 heavy (non-hydrogen) atoms. The summed E-state index contributed by atoms with van der Waals surface area (Å²) in [4.78, 5) is 10.6. The van der Waals surface area contributed by atoms with Crippen molar-refractivity contribution in [1.29, 1.82) is 0 Å². The first-order chi connectivity index (χ1) is 7.77. The highest BCUT2D eigenvalue weighted by Gasteiger charge is 2.20. The minimum atomic E-state index is -3.57. The summed E-state index contributed by atoms with van der Waals surface area (Å²) in [5.74, 6) is -1.20. The summed E-state index contributed by atoms with van der Waals surface area (Å²) >= 11 is 0. The van der Waals surface area contributed by atoms with Crippen LogP contribution < -0.4 is 0 Å². The summed E-state index contributed by atoms with van der Waals surface area (Å²) in [6, 6.07) is 3.70. The fraction of sp³-hybridized carbons (Fsp3) is 0.364. The fourth-order valence-electron chi connectivity index (χ4n) is 1.48. The van der Waals surface area contributed by atoms with Gasteiger partial charge in [0.2, 0.25) is 0 Å². The van der Waals surface area contributed by atoms with E-state index in [-0.39, 0.29) is 16.0 Å². The van der Waals surface area contributed by atoms with Crippen LogP contribution in [0.5, 0.6) is 0 Å². The van der Waals surface area contributed by atoms with Crippen molar-refractivity contribution < 1.29 is 23.4 Å². The number of hydrogen-bond acceptors (Lipinski definition) is 4. The third-order valence-electron chi connectivity index (χ3n) is 2.41. The molecule has 0 aliphatic rings. The Kier molecular flexibility index (Phi) is 3.90. The zero-order valence-corrected chi connectivity index (χ0v) is 10.4. The molecule has 0 aromatic heterocycles. The molecule has 0 bridgehead atoms. The molecule has 0 radical (unpaired) electrons. The fourth-order valence-corrected chi connectivity index (χ4v) is 2.46. The number of carboxylic acid groups (broad SMARTS) is 1. The van der Waals surface area contributed by atoms with Crippen LogP contribution in [0.1, 0.15) is 35.4 Å². The van der Waals surface area contributed by atoms with Crippen LogP contribution >= 0.6 is 0 Å². The number of aliphatic hydroxyl groups excluding tert-OH is 1. The third-order valence-corrected chi connectivity index (χ3v) is 3.56. The van der Waals surface area contributed by atoms with Crippen molar-refractivity contribution in [2.45, 2.75) is 24.3 Å². The lowest BCUT2D eigenvalue weighted by Crippen LogP contribution is -2.09. The van der Waals surface area contributed by atoms with Crippen molar-refractivity contribution in [3.63, 3.8) is 0 Å². The predicted octanol–water partition coefficient (Wildman–Crippen LogP) is 1.23. The van der Waals surface area contributed by atoms with Gasteiger partial charge in [0, 0.05) is 6.26 Å². The first kappa shape index (κ1) is 13.7. The van der Waals surface area contributed by atoms with E-state index in [1.807, 2.05) is 0 Å². The molecule has 0 saturated heterocycles. The largest absolute Gasteiger partial charge is 0.478 e. The van der Waals surface area contributed by atoms with E-state index in [0.29, 0.717) is 6.42 Å². The normalized spacial score (nSPS) is 13.4. The molecule has 1 unspecified atom stereocenters. The lowest BCUT2D eigenvalue weighted by atomic mass is 10.1. The quantitative estimate of drug-likeness (QED) is 0.847. The van der Waals surface area contributed by atoms with Crippen molar-refractivity contribution in [2.75, 3.05) is 6.26 Å². The van der Waals surface area contributed by atoms with Crippen LogP contribution in [-0.2, 0) is 9.84 Å². The van der Waals surface area contributed by atoms with E-state index >= 15 is 0 Å². The van der Waals surface area contributed by atoms with Crippen molar-refractivity contribution >= 4 is 15.8 Å². The molecule has 0 amide bonds. The number of rotatable bonds is 4. The Morgan fingerprint density at radius 3 is 2.41 bits per heavy atom. The van der Waals surface area contributed by atoms with Gasteiger partial charge in [-0.1, -0.05) is 13.0 Å². The van der Waals surface area contributed by atoms with Gasteiger partial charge in [-0.25, -0.2) is 13.2 Å². The smallest absolute Gasteiger partial charge is 0.335 e. The Labute approximate surface area is 99.6 Å². The van der Waals surface area contributed by atoms with Gasteiger partial charge in [-0.2, -0.15) is 0 Å². The van der Waals surface area contributed by atoms with Crippen LogP contribution in [0, 0.1) is 0 Å². The van der Waals surface area contributed by atoms with Gasteiger partial charge >= 0.3 is 5.97 Å². The third kappa shape index (κ3) is 3.04. The average molecular weight is 258 g/mol. The molecule has 0 saturated carbocycles. The molecular weight excluding hydrogens is 244 g/mol. The standard InChI is InChI=1S/C11H14O5S/c1-3-9(12)8-5-4-7(11(13)14)6-10(8)17(2,15)16/h4-6,9,12H,3H2,1-2H3,(H,13,14). The molecule has 1 rings (SSSR count). The van der Waals surface area contributed by atoms with Crippen LogP contribution in [0.4, 0.5) is 0 Å². The molecular formula is C11H14O5S. The second kappa shape index (κ2) is 4.85. The van der Waals surface area contributed by atoms with E-state index in [9.17, 15) is 18.3 Å². The summed E-state index contributed by atoms with van der Waals surface area (Å²) in [5, 5.41) is 18.5. The summed E-state index contributed by atoms with van der Waals surface area (Å²) in [6.07, 6.45) is 0.428. The van der Waals surface area contributed by atoms with Gasteiger partial charge < -0.3 is 10.2 Å². The molecule has 5 nitrogen and oxygen atoms in total. The number of carboxylic acids is 1. The first-order valence-electron chi connectivity index (χ1n) is 5.02. The number of aliphatic hydroxyl groups is 1. The van der Waals surface area contributed by atoms with E-state index in [1.165, 1.54) is 12.1 Å². The maximum Gasteiger partial charge on any atom is 0.335 e. The maximum atomic E-state index is 11.5. The first-order valence-corrected chi connectivity index (χ1v) is 6.92. The van der Waals surface area contributed by atoms with E-state index < -0.39 is 21.9 Å². The Morgan fingerprint density at radius 2 is 2.00 bits per heavy atom. The molecule has 0 fully saturated rings. The van der Waals surface area contributed by atoms with E-state index in [2.05, 4.69) is 0 Å². The molecule has 0 heterocycles. The van der Waals surface area contributed by atoms with Gasteiger partial charge in [-0.3, -0.25) is 0 Å². The predicted molar refractivity (Wildman–Crippen MR) is 61.8 cm³/mol. The minimum absolute atomic E-state index is 0.113. The number of carbonyl (C=O) groups is 1. The van der Waals surface area contributed by atoms with Gasteiger partial charge in [-0.15, -0.1) is 0 Å². The molecule has 94 valence electrons. The molecule has 1 aromatic carbocycles. The van der Waals surface area contributed by atoms with Gasteiger partial charge in [0.15, 0.2) is 9.84 Å². The monoisotopic (exact) mass is 258 g/mol. The van der Waals surface area contributed by atoms with Crippen molar-refractivity contribution in [3.8, 4) is 0 Å². The Hall–Kier alpha value is -1.40. The van der Waals surface area contributed by atoms with Gasteiger partial charge in [0.1, 0.15) is 0 Å². The molecule has 0 spiro atoms. The van der Waals surface area contributed by atoms with E-state index in [4.69, 9.17) is 5.11 Å². The van der Waals surface area contributed by atoms with Crippen LogP contribution in [0.2, 0.25) is 0 Å². The van der Waals surface area contributed by atoms with E-state index in [0.717, 1.165) is 12.3 Å². The molecule has 6 heteroatoms. The Balaban J connectivity index is 3.48. The average Bonchev–Trinajstić information content (AvgIpc) is 2.26. The second-order valence-electron chi connectivity index (χ2n) is 3.75. The number of benzene rings is 1. The lowest BCUT2D eigenvalue weighted by Gasteiger charge is -2.13. The van der Waals surface area contributed by atoms with Crippen LogP contribution in [0.15, 0.2) is 23.1 Å². The highest BCUT2D eigenvalue weighted by atomic mass is 32.2. The minimum Gasteiger partial charge on any atom is -0.478 e. The summed E-state index contributed by atoms with van der Waals surface area (Å²) in [7, 11) is -3.57. The van der Waals surface area contributed by atoms with E-state index in [1.54, 1.807) is 6.92 Å². The number of sulfone groups is 1. The molecule has 2 N–H and O–H groups in total. The van der Waals surface area contributed by atoms with Crippen LogP contribution in [0.25, 0.3) is 0 Å². The van der Waals surface area contributed by atoms with Crippen molar-refractivity contribution in [1.82, 2.24) is 0 Å². The second-order valence-corrected chi connectivity index (χ2v) is 5.74. The van der Waals surface area contributed by atoms with Crippen molar-refractivity contribution in [2.24, 2.45) is 0 Å². The highest BCUT2D eigenvalue weighted by Crippen LogP contribution is 2.25. The lowest BCUT2D eigenvalue weighted by molar-refractivity contribution is 0.0696. The van der Waals surface area contributed by atoms with Crippen LogP contribution in [0.3, 0.4) is 0 Å². The van der Waals surface area contributed by atoms with Crippen molar-refractivity contribution in [3.05, 3.63) is 29.3 Å². The number of hydrogen-bond donors (Lipinski definition) is 2. The zero-order chi connectivity index (χ0) is 13.2. The van der Waals surface area contributed by atoms with Gasteiger partial charge in [-0.05, 0) is 24.1 Å². The summed E-state index contributed by atoms with van der Waals surface area (Å²) in [5.41, 5.74) is 0.123. The van der Waals surface area contributed by atoms with Gasteiger partial charge in [0.05, 0.1) is 16.6 Å². The molecule has 1 aromatic rings. The number of aromatic carboxylic acids is 1. The Bertz CT molecular complexity index is 533. The molecule has 0 aliphatic carbocycles. The Morgan fingerprint density at radius 1 is 1.41 bits per heavy atom. The highest BCUT2D eigenvalue weighted by molar-refractivity contribution is 7.90.